The first-order valence-electron chi connectivity index (χ1n) is 13.3. The molecule has 0 aliphatic carbocycles. The lowest BCUT2D eigenvalue weighted by molar-refractivity contribution is -0.139. The van der Waals surface area contributed by atoms with Gasteiger partial charge in [0.2, 0.25) is 0 Å². The number of nitrogens with one attached hydrogen (secondary N) is 1. The van der Waals surface area contributed by atoms with Crippen LogP contribution in [0.1, 0.15) is 68.4 Å². The van der Waals surface area contributed by atoms with Gasteiger partial charge in [-0.3, -0.25) is 0 Å². The molecule has 6 heteroatoms. The molecule has 3 aromatic rings. The molecule has 0 bridgehead atoms. The van der Waals surface area contributed by atoms with E-state index < -0.39 is 23.0 Å². The molecule has 2 unspecified atom stereocenters. The number of ether oxygens (including phenoxy) is 1. The Morgan fingerprint density at radius 1 is 0.921 bits per heavy atom. The molecule has 2 atom stereocenters. The molecule has 38 heavy (non-hydrogen) atoms. The van der Waals surface area contributed by atoms with Crippen LogP contribution >= 0.6 is 0 Å². The standard InChI is InChI=1S/C32H39F4NO/c1-6-24(5)31(20-22(2)3,30-28(32(34,35)36)11-8-12-29(30)33)26-9-7-10-27(19-26)38-18-17-37-21-25-15-13-23(4)14-16-25/h7-16,19,22,24,37H,6,17-18,20-21H2,1-5H3. The first-order chi connectivity index (χ1) is 18.0. The first kappa shape index (κ1) is 29.7. The molecular formula is C32H39F4NO. The highest BCUT2D eigenvalue weighted by atomic mass is 19.4. The maximum Gasteiger partial charge on any atom is 0.416 e. The summed E-state index contributed by atoms with van der Waals surface area (Å²) in [6, 6.07) is 18.8. The van der Waals surface area contributed by atoms with Crippen LogP contribution in [0.4, 0.5) is 17.6 Å². The molecule has 0 aliphatic rings. The summed E-state index contributed by atoms with van der Waals surface area (Å²) in [5, 5.41) is 3.35. The van der Waals surface area contributed by atoms with E-state index in [4.69, 9.17) is 4.74 Å². The van der Waals surface area contributed by atoms with Crippen LogP contribution in [0, 0.1) is 24.6 Å². The van der Waals surface area contributed by atoms with E-state index in [-0.39, 0.29) is 17.4 Å². The molecule has 2 nitrogen and oxygen atoms in total. The Morgan fingerprint density at radius 2 is 1.61 bits per heavy atom. The van der Waals surface area contributed by atoms with Gasteiger partial charge in [0.1, 0.15) is 18.2 Å². The molecule has 0 saturated heterocycles. The average Bonchev–Trinajstić information content (AvgIpc) is 2.87. The SMILES string of the molecule is CCC(C)C(CC(C)C)(c1cccc(OCCNCc2ccc(C)cc2)c1)c1c(F)cccc1C(F)(F)F. The third-order valence-corrected chi connectivity index (χ3v) is 7.30. The molecule has 0 aliphatic heterocycles. The Bertz CT molecular complexity index is 1170. The zero-order chi connectivity index (χ0) is 27.9. The quantitative estimate of drug-likeness (QED) is 0.187. The second-order valence-electron chi connectivity index (χ2n) is 10.6. The summed E-state index contributed by atoms with van der Waals surface area (Å²) in [5.41, 5.74) is 0.664. The van der Waals surface area contributed by atoms with Crippen molar-refractivity contribution in [3.8, 4) is 5.75 Å². The number of alkyl halides is 3. The Labute approximate surface area is 224 Å². The van der Waals surface area contributed by atoms with Crippen molar-refractivity contribution in [2.45, 2.75) is 65.6 Å². The second-order valence-corrected chi connectivity index (χ2v) is 10.6. The van der Waals surface area contributed by atoms with E-state index in [0.29, 0.717) is 43.9 Å². The fourth-order valence-corrected chi connectivity index (χ4v) is 5.35. The van der Waals surface area contributed by atoms with Gasteiger partial charge in [-0.2, -0.15) is 13.2 Å². The summed E-state index contributed by atoms with van der Waals surface area (Å²) in [4.78, 5) is 0. The van der Waals surface area contributed by atoms with Gasteiger partial charge in [-0.25, -0.2) is 4.39 Å². The highest BCUT2D eigenvalue weighted by Gasteiger charge is 2.47. The van der Waals surface area contributed by atoms with Crippen molar-refractivity contribution in [3.63, 3.8) is 0 Å². The minimum Gasteiger partial charge on any atom is -0.492 e. The topological polar surface area (TPSA) is 21.3 Å². The monoisotopic (exact) mass is 529 g/mol. The van der Waals surface area contributed by atoms with Gasteiger partial charge >= 0.3 is 6.18 Å². The Morgan fingerprint density at radius 3 is 2.24 bits per heavy atom. The molecule has 0 amide bonds. The third kappa shape index (κ3) is 6.96. The Balaban J connectivity index is 1.93. The maximum absolute atomic E-state index is 15.5. The van der Waals surface area contributed by atoms with Gasteiger partial charge in [0.25, 0.3) is 0 Å². The fraction of sp³-hybridized carbons (Fsp3) is 0.438. The minimum atomic E-state index is -4.68. The molecular weight excluding hydrogens is 490 g/mol. The van der Waals surface area contributed by atoms with Gasteiger partial charge in [-0.15, -0.1) is 0 Å². The molecule has 0 fully saturated rings. The van der Waals surface area contributed by atoms with E-state index in [0.717, 1.165) is 18.2 Å². The molecule has 206 valence electrons. The zero-order valence-corrected chi connectivity index (χ0v) is 23.0. The van der Waals surface area contributed by atoms with E-state index in [2.05, 4.69) is 29.6 Å². The lowest BCUT2D eigenvalue weighted by Gasteiger charge is -2.43. The lowest BCUT2D eigenvalue weighted by Crippen LogP contribution is -2.39. The number of hydrogen-bond acceptors (Lipinski definition) is 2. The normalized spacial score (nSPS) is 14.4. The molecule has 3 aromatic carbocycles. The fourth-order valence-electron chi connectivity index (χ4n) is 5.35. The van der Waals surface area contributed by atoms with Crippen molar-refractivity contribution < 1.29 is 22.3 Å². The van der Waals surface area contributed by atoms with Gasteiger partial charge in [0.15, 0.2) is 0 Å². The summed E-state index contributed by atoms with van der Waals surface area (Å²) < 4.78 is 64.2. The second kappa shape index (κ2) is 12.8. The van der Waals surface area contributed by atoms with Crippen molar-refractivity contribution in [1.29, 1.82) is 0 Å². The number of rotatable bonds is 12. The molecule has 0 saturated carbocycles. The predicted octanol–water partition coefficient (Wildman–Crippen LogP) is 8.70. The van der Waals surface area contributed by atoms with Gasteiger partial charge in [-0.05, 0) is 60.6 Å². The van der Waals surface area contributed by atoms with Gasteiger partial charge in [-0.1, -0.05) is 82.1 Å². The van der Waals surface area contributed by atoms with E-state index in [1.807, 2.05) is 40.7 Å². The Hall–Kier alpha value is -2.86. The molecule has 0 radical (unpaired) electrons. The third-order valence-electron chi connectivity index (χ3n) is 7.30. The lowest BCUT2D eigenvalue weighted by atomic mass is 9.60. The van der Waals surface area contributed by atoms with Gasteiger partial charge in [0.05, 0.1) is 5.56 Å². The number of benzene rings is 3. The first-order valence-corrected chi connectivity index (χ1v) is 13.3. The van der Waals surface area contributed by atoms with Crippen LogP contribution in [0.25, 0.3) is 0 Å². The van der Waals surface area contributed by atoms with E-state index in [1.54, 1.807) is 18.2 Å². The highest BCUT2D eigenvalue weighted by Crippen LogP contribution is 2.51. The van der Waals surface area contributed by atoms with Crippen LogP contribution < -0.4 is 10.1 Å². The van der Waals surface area contributed by atoms with Crippen LogP contribution in [0.3, 0.4) is 0 Å². The zero-order valence-electron chi connectivity index (χ0n) is 23.0. The van der Waals surface area contributed by atoms with Crippen molar-refractivity contribution >= 4 is 0 Å². The summed E-state index contributed by atoms with van der Waals surface area (Å²) >= 11 is 0. The maximum atomic E-state index is 15.5. The average molecular weight is 530 g/mol. The minimum absolute atomic E-state index is 0.0280. The van der Waals surface area contributed by atoms with Crippen molar-refractivity contribution in [3.05, 3.63) is 100 Å². The predicted molar refractivity (Wildman–Crippen MR) is 146 cm³/mol. The largest absolute Gasteiger partial charge is 0.492 e. The van der Waals surface area contributed by atoms with Gasteiger partial charge in [0, 0.05) is 24.1 Å². The van der Waals surface area contributed by atoms with E-state index in [1.165, 1.54) is 11.1 Å². The molecule has 0 spiro atoms. The summed E-state index contributed by atoms with van der Waals surface area (Å²) in [7, 11) is 0. The van der Waals surface area contributed by atoms with Crippen molar-refractivity contribution in [2.24, 2.45) is 11.8 Å². The molecule has 1 N–H and O–H groups in total. The van der Waals surface area contributed by atoms with Crippen LogP contribution in [0.2, 0.25) is 0 Å². The number of halogens is 4. The summed E-state index contributed by atoms with van der Waals surface area (Å²) in [6.07, 6.45) is -3.72. The molecule has 0 aromatic heterocycles. The molecule has 0 heterocycles. The smallest absolute Gasteiger partial charge is 0.416 e. The Kier molecular flexibility index (Phi) is 10.00. The summed E-state index contributed by atoms with van der Waals surface area (Å²) in [5.74, 6) is -0.497. The highest BCUT2D eigenvalue weighted by molar-refractivity contribution is 5.48. The van der Waals surface area contributed by atoms with Crippen LogP contribution in [0.5, 0.6) is 5.75 Å². The van der Waals surface area contributed by atoms with Gasteiger partial charge < -0.3 is 10.1 Å². The van der Waals surface area contributed by atoms with Crippen LogP contribution in [-0.4, -0.2) is 13.2 Å². The molecule has 3 rings (SSSR count). The van der Waals surface area contributed by atoms with Crippen LogP contribution in [0.15, 0.2) is 66.7 Å². The van der Waals surface area contributed by atoms with Crippen LogP contribution in [-0.2, 0) is 18.1 Å². The van der Waals surface area contributed by atoms with Crippen molar-refractivity contribution in [1.82, 2.24) is 5.32 Å². The number of aryl methyl sites for hydroxylation is 1. The van der Waals surface area contributed by atoms with E-state index in [9.17, 15) is 13.2 Å². The van der Waals surface area contributed by atoms with E-state index >= 15 is 4.39 Å². The van der Waals surface area contributed by atoms with Crippen molar-refractivity contribution in [2.75, 3.05) is 13.2 Å². The summed E-state index contributed by atoms with van der Waals surface area (Å²) in [6.45, 7) is 11.5. The number of hydrogen-bond donors (Lipinski definition) is 1.